The number of carbonyl (C=O) groups excluding carboxylic acids is 1. The van der Waals surface area contributed by atoms with Gasteiger partial charge in [0.1, 0.15) is 8.24 Å². The van der Waals surface area contributed by atoms with Gasteiger partial charge in [-0.15, -0.1) is 0 Å². The zero-order valence-corrected chi connectivity index (χ0v) is 10.3. The lowest BCUT2D eigenvalue weighted by molar-refractivity contribution is -0.116. The number of carbonyl (C=O) groups is 1. The van der Waals surface area contributed by atoms with E-state index in [1.54, 1.807) is 0 Å². The van der Waals surface area contributed by atoms with Gasteiger partial charge in [-0.3, -0.25) is 4.79 Å². The van der Waals surface area contributed by atoms with Crippen LogP contribution in [0.3, 0.4) is 0 Å². The standard InChI is InChI=1S/C10H22N2OSi/c1-4-10(13)12-8-7-9-14(11,5-2)6-3/h4H,1,5-9,11H2,2-3H3,(H,12,13). The molecule has 1 amide bonds. The van der Waals surface area contributed by atoms with Crippen LogP contribution in [0.2, 0.25) is 18.1 Å². The minimum absolute atomic E-state index is 0.0951. The Morgan fingerprint density at radius 3 is 2.50 bits per heavy atom. The van der Waals surface area contributed by atoms with Crippen molar-refractivity contribution in [2.24, 2.45) is 5.40 Å². The first kappa shape index (κ1) is 13.4. The molecule has 0 aromatic carbocycles. The molecular weight excluding hydrogens is 192 g/mol. The summed E-state index contributed by atoms with van der Waals surface area (Å²) in [6.45, 7) is 8.44. The first-order valence-electron chi connectivity index (χ1n) is 5.27. The molecule has 0 saturated carbocycles. The fourth-order valence-electron chi connectivity index (χ4n) is 1.33. The van der Waals surface area contributed by atoms with E-state index < -0.39 is 8.24 Å². The molecule has 0 aliphatic rings. The van der Waals surface area contributed by atoms with Crippen molar-refractivity contribution in [2.75, 3.05) is 6.54 Å². The van der Waals surface area contributed by atoms with Crippen LogP contribution in [0, 0.1) is 0 Å². The van der Waals surface area contributed by atoms with Gasteiger partial charge in [-0.2, -0.15) is 0 Å². The molecule has 0 heterocycles. The van der Waals surface area contributed by atoms with E-state index in [2.05, 4.69) is 25.7 Å². The monoisotopic (exact) mass is 214 g/mol. The third-order valence-corrected chi connectivity index (χ3v) is 6.91. The topological polar surface area (TPSA) is 55.1 Å². The molecule has 3 nitrogen and oxygen atoms in total. The maximum absolute atomic E-state index is 10.8. The van der Waals surface area contributed by atoms with Gasteiger partial charge < -0.3 is 10.7 Å². The lowest BCUT2D eigenvalue weighted by atomic mass is 10.4. The van der Waals surface area contributed by atoms with Crippen LogP contribution in [0.1, 0.15) is 20.3 Å². The highest BCUT2D eigenvalue weighted by Crippen LogP contribution is 2.15. The molecule has 0 fully saturated rings. The fraction of sp³-hybridized carbons (Fsp3) is 0.700. The van der Waals surface area contributed by atoms with Gasteiger partial charge in [0.05, 0.1) is 0 Å². The molecule has 0 spiro atoms. The van der Waals surface area contributed by atoms with E-state index in [9.17, 15) is 4.79 Å². The van der Waals surface area contributed by atoms with Crippen LogP contribution < -0.4 is 10.7 Å². The van der Waals surface area contributed by atoms with Crippen LogP contribution in [-0.2, 0) is 4.79 Å². The van der Waals surface area contributed by atoms with Gasteiger partial charge in [-0.05, 0) is 30.6 Å². The molecule has 0 aromatic rings. The summed E-state index contributed by atoms with van der Waals surface area (Å²) < 4.78 is 0. The fourth-order valence-corrected chi connectivity index (χ4v) is 3.42. The highest BCUT2D eigenvalue weighted by atomic mass is 28.3. The molecule has 0 aliphatic heterocycles. The Bertz CT molecular complexity index is 191. The van der Waals surface area contributed by atoms with Gasteiger partial charge in [0.2, 0.25) is 5.91 Å². The van der Waals surface area contributed by atoms with E-state index in [4.69, 9.17) is 5.40 Å². The number of nitrogens with one attached hydrogen (secondary N) is 1. The lowest BCUT2D eigenvalue weighted by Gasteiger charge is -2.23. The van der Waals surface area contributed by atoms with Gasteiger partial charge in [-0.1, -0.05) is 20.4 Å². The van der Waals surface area contributed by atoms with Crippen LogP contribution in [-0.4, -0.2) is 20.7 Å². The molecular formula is C10H22N2OSi. The summed E-state index contributed by atoms with van der Waals surface area (Å²) >= 11 is 0. The highest BCUT2D eigenvalue weighted by molar-refractivity contribution is 6.76. The minimum Gasteiger partial charge on any atom is -0.353 e. The second-order valence-corrected chi connectivity index (χ2v) is 8.31. The van der Waals surface area contributed by atoms with E-state index in [0.717, 1.165) is 31.1 Å². The quantitative estimate of drug-likeness (QED) is 0.384. The third-order valence-electron chi connectivity index (χ3n) is 2.74. The number of amides is 1. The Morgan fingerprint density at radius 1 is 1.50 bits per heavy atom. The molecule has 0 bridgehead atoms. The van der Waals surface area contributed by atoms with Crippen molar-refractivity contribution < 1.29 is 4.79 Å². The van der Waals surface area contributed by atoms with Gasteiger partial charge >= 0.3 is 0 Å². The molecule has 4 heteroatoms. The normalized spacial score (nSPS) is 11.1. The first-order chi connectivity index (χ1) is 6.58. The van der Waals surface area contributed by atoms with Gasteiger partial charge in [0.25, 0.3) is 0 Å². The summed E-state index contributed by atoms with van der Waals surface area (Å²) in [7, 11) is -1.46. The molecule has 3 N–H and O–H groups in total. The maximum Gasteiger partial charge on any atom is 0.243 e. The summed E-state index contributed by atoms with van der Waals surface area (Å²) in [6, 6.07) is 3.34. The molecule has 82 valence electrons. The van der Waals surface area contributed by atoms with Crippen LogP contribution in [0.25, 0.3) is 0 Å². The molecule has 0 rings (SSSR count). The maximum atomic E-state index is 10.8. The van der Waals surface area contributed by atoms with E-state index in [-0.39, 0.29) is 5.91 Å². The average molecular weight is 214 g/mol. The van der Waals surface area contributed by atoms with Crippen molar-refractivity contribution in [1.82, 2.24) is 5.32 Å². The number of hydrogen-bond acceptors (Lipinski definition) is 2. The van der Waals surface area contributed by atoms with Gasteiger partial charge in [-0.25, -0.2) is 0 Å². The third kappa shape index (κ3) is 5.19. The van der Waals surface area contributed by atoms with Gasteiger partial charge in [0, 0.05) is 6.54 Å². The van der Waals surface area contributed by atoms with Crippen molar-refractivity contribution in [3.8, 4) is 0 Å². The smallest absolute Gasteiger partial charge is 0.243 e. The van der Waals surface area contributed by atoms with E-state index >= 15 is 0 Å². The predicted molar refractivity (Wildman–Crippen MR) is 63.5 cm³/mol. The number of rotatable bonds is 7. The molecule has 0 unspecified atom stereocenters. The molecule has 14 heavy (non-hydrogen) atoms. The molecule has 0 saturated heterocycles. The van der Waals surface area contributed by atoms with Crippen LogP contribution >= 0.6 is 0 Å². The summed E-state index contributed by atoms with van der Waals surface area (Å²) in [5.74, 6) is -0.0951. The highest BCUT2D eigenvalue weighted by Gasteiger charge is 2.22. The second kappa shape index (κ2) is 6.78. The Balaban J connectivity index is 3.62. The van der Waals surface area contributed by atoms with Crippen molar-refractivity contribution in [3.05, 3.63) is 12.7 Å². The Morgan fingerprint density at radius 2 is 2.07 bits per heavy atom. The largest absolute Gasteiger partial charge is 0.353 e. The Hall–Kier alpha value is -0.613. The van der Waals surface area contributed by atoms with Crippen LogP contribution in [0.15, 0.2) is 12.7 Å². The van der Waals surface area contributed by atoms with Crippen molar-refractivity contribution in [1.29, 1.82) is 0 Å². The first-order valence-corrected chi connectivity index (χ1v) is 7.97. The zero-order chi connectivity index (χ0) is 11.0. The van der Waals surface area contributed by atoms with Crippen molar-refractivity contribution >= 4 is 14.1 Å². The Labute approximate surface area is 87.8 Å². The summed E-state index contributed by atoms with van der Waals surface area (Å²) in [4.78, 5) is 10.8. The van der Waals surface area contributed by atoms with Crippen LogP contribution in [0.5, 0.6) is 0 Å². The molecule has 0 radical (unpaired) electrons. The number of hydrogen-bond donors (Lipinski definition) is 2. The predicted octanol–water partition coefficient (Wildman–Crippen LogP) is 1.62. The van der Waals surface area contributed by atoms with Crippen molar-refractivity contribution in [2.45, 2.75) is 38.4 Å². The summed E-state index contributed by atoms with van der Waals surface area (Å²) in [5.41, 5.74) is 0. The molecule has 0 aromatic heterocycles. The van der Waals surface area contributed by atoms with Crippen molar-refractivity contribution in [3.63, 3.8) is 0 Å². The molecule has 0 aliphatic carbocycles. The Kier molecular flexibility index (Phi) is 6.49. The average Bonchev–Trinajstić information content (AvgIpc) is 2.23. The zero-order valence-electron chi connectivity index (χ0n) is 9.31. The SMILES string of the molecule is C=CC(=O)NCCC[Si](N)(CC)CC. The summed E-state index contributed by atoms with van der Waals surface area (Å²) in [5, 5.41) is 9.01. The van der Waals surface area contributed by atoms with E-state index in [1.807, 2.05) is 0 Å². The number of nitrogens with two attached hydrogens (primary N) is 1. The van der Waals surface area contributed by atoms with Crippen LogP contribution in [0.4, 0.5) is 0 Å². The lowest BCUT2D eigenvalue weighted by Crippen LogP contribution is -2.44. The summed E-state index contributed by atoms with van der Waals surface area (Å²) in [6.07, 6.45) is 2.29. The van der Waals surface area contributed by atoms with E-state index in [1.165, 1.54) is 6.08 Å². The minimum atomic E-state index is -1.46. The van der Waals surface area contributed by atoms with Gasteiger partial charge in [0.15, 0.2) is 0 Å². The van der Waals surface area contributed by atoms with E-state index in [0.29, 0.717) is 0 Å². The second-order valence-electron chi connectivity index (χ2n) is 3.67. The molecule has 0 atom stereocenters.